The van der Waals surface area contributed by atoms with Crippen LogP contribution in [-0.4, -0.2) is 26.2 Å². The van der Waals surface area contributed by atoms with Crippen LogP contribution in [0.5, 0.6) is 0 Å². The SMILES string of the molecule is Nc1cc(Br)ccc1S(=O)(=O)NC1CCCC1CO. The lowest BCUT2D eigenvalue weighted by Gasteiger charge is -2.19. The molecule has 0 heterocycles. The molecule has 0 saturated heterocycles. The minimum atomic E-state index is -3.64. The molecule has 5 nitrogen and oxygen atoms in total. The quantitative estimate of drug-likeness (QED) is 0.718. The number of halogens is 1. The molecule has 2 rings (SSSR count). The second-order valence-electron chi connectivity index (χ2n) is 4.78. The van der Waals surface area contributed by atoms with Gasteiger partial charge in [-0.05, 0) is 37.0 Å². The van der Waals surface area contributed by atoms with E-state index >= 15 is 0 Å². The number of hydrogen-bond donors (Lipinski definition) is 3. The minimum Gasteiger partial charge on any atom is -0.398 e. The fraction of sp³-hybridized carbons (Fsp3) is 0.500. The summed E-state index contributed by atoms with van der Waals surface area (Å²) in [5.41, 5.74) is 5.96. The molecule has 19 heavy (non-hydrogen) atoms. The summed E-state index contributed by atoms with van der Waals surface area (Å²) in [6.45, 7) is 0.00298. The number of sulfonamides is 1. The van der Waals surface area contributed by atoms with Crippen molar-refractivity contribution in [2.24, 2.45) is 5.92 Å². The van der Waals surface area contributed by atoms with Gasteiger partial charge in [0.2, 0.25) is 10.0 Å². The Balaban J connectivity index is 2.23. The Kier molecular flexibility index (Phi) is 4.50. The summed E-state index contributed by atoms with van der Waals surface area (Å²) in [5, 5.41) is 9.23. The number of nitrogens with one attached hydrogen (secondary N) is 1. The van der Waals surface area contributed by atoms with Gasteiger partial charge in [-0.3, -0.25) is 0 Å². The van der Waals surface area contributed by atoms with Crippen LogP contribution in [0.2, 0.25) is 0 Å². The van der Waals surface area contributed by atoms with Gasteiger partial charge < -0.3 is 10.8 Å². The Hall–Kier alpha value is -0.630. The molecule has 1 aromatic rings. The highest BCUT2D eigenvalue weighted by Gasteiger charge is 2.31. The fourth-order valence-corrected chi connectivity index (χ4v) is 4.27. The van der Waals surface area contributed by atoms with Crippen LogP contribution in [0.25, 0.3) is 0 Å². The van der Waals surface area contributed by atoms with Crippen molar-refractivity contribution in [3.8, 4) is 0 Å². The molecule has 2 unspecified atom stereocenters. The van der Waals surface area contributed by atoms with E-state index in [0.29, 0.717) is 0 Å². The molecular weight excluding hydrogens is 332 g/mol. The van der Waals surface area contributed by atoms with Gasteiger partial charge in [-0.1, -0.05) is 22.4 Å². The molecule has 2 atom stereocenters. The predicted molar refractivity (Wildman–Crippen MR) is 77.1 cm³/mol. The highest BCUT2D eigenvalue weighted by molar-refractivity contribution is 9.10. The monoisotopic (exact) mass is 348 g/mol. The molecule has 0 spiro atoms. The Morgan fingerprint density at radius 3 is 2.79 bits per heavy atom. The second kappa shape index (κ2) is 5.78. The zero-order valence-electron chi connectivity index (χ0n) is 10.3. The summed E-state index contributed by atoms with van der Waals surface area (Å²) in [4.78, 5) is 0.0827. The Morgan fingerprint density at radius 2 is 2.16 bits per heavy atom. The van der Waals surface area contributed by atoms with Crippen LogP contribution in [-0.2, 0) is 10.0 Å². The second-order valence-corrected chi connectivity index (χ2v) is 7.38. The van der Waals surface area contributed by atoms with E-state index in [4.69, 9.17) is 5.73 Å². The minimum absolute atomic E-state index is 0.00298. The van der Waals surface area contributed by atoms with Crippen LogP contribution >= 0.6 is 15.9 Å². The van der Waals surface area contributed by atoms with Gasteiger partial charge in [0.25, 0.3) is 0 Å². The smallest absolute Gasteiger partial charge is 0.242 e. The van der Waals surface area contributed by atoms with E-state index in [1.165, 1.54) is 6.07 Å². The maximum atomic E-state index is 12.3. The maximum Gasteiger partial charge on any atom is 0.242 e. The van der Waals surface area contributed by atoms with Crippen molar-refractivity contribution >= 4 is 31.6 Å². The molecule has 1 aromatic carbocycles. The van der Waals surface area contributed by atoms with Crippen molar-refractivity contribution in [2.45, 2.75) is 30.2 Å². The molecule has 1 aliphatic carbocycles. The first-order valence-electron chi connectivity index (χ1n) is 6.12. The van der Waals surface area contributed by atoms with Gasteiger partial charge >= 0.3 is 0 Å². The third-order valence-electron chi connectivity index (χ3n) is 3.46. The van der Waals surface area contributed by atoms with Crippen molar-refractivity contribution in [1.29, 1.82) is 0 Å². The summed E-state index contributed by atoms with van der Waals surface area (Å²) in [6.07, 6.45) is 2.52. The van der Waals surface area contributed by atoms with E-state index in [1.54, 1.807) is 12.1 Å². The summed E-state index contributed by atoms with van der Waals surface area (Å²) < 4.78 is 28.0. The van der Waals surface area contributed by atoms with E-state index in [2.05, 4.69) is 20.7 Å². The summed E-state index contributed by atoms with van der Waals surface area (Å²) >= 11 is 3.24. The summed E-state index contributed by atoms with van der Waals surface area (Å²) in [5.74, 6) is -0.00792. The molecule has 1 aliphatic rings. The highest BCUT2D eigenvalue weighted by Crippen LogP contribution is 2.28. The molecule has 106 valence electrons. The number of aliphatic hydroxyl groups is 1. The van der Waals surface area contributed by atoms with Crippen molar-refractivity contribution < 1.29 is 13.5 Å². The number of aliphatic hydroxyl groups excluding tert-OH is 1. The van der Waals surface area contributed by atoms with E-state index in [0.717, 1.165) is 23.7 Å². The average Bonchev–Trinajstić information content (AvgIpc) is 2.74. The molecule has 0 aromatic heterocycles. The van der Waals surface area contributed by atoms with Gasteiger partial charge in [-0.25, -0.2) is 13.1 Å². The third kappa shape index (κ3) is 3.28. The van der Waals surface area contributed by atoms with Crippen LogP contribution in [0.3, 0.4) is 0 Å². The first kappa shape index (κ1) is 14.8. The first-order valence-corrected chi connectivity index (χ1v) is 8.40. The molecule has 7 heteroatoms. The molecule has 0 radical (unpaired) electrons. The summed E-state index contributed by atoms with van der Waals surface area (Å²) in [6, 6.07) is 4.47. The third-order valence-corrected chi connectivity index (χ3v) is 5.52. The van der Waals surface area contributed by atoms with E-state index < -0.39 is 10.0 Å². The predicted octanol–water partition coefficient (Wildman–Crippen LogP) is 1.47. The van der Waals surface area contributed by atoms with Gasteiger partial charge in [-0.2, -0.15) is 0 Å². The van der Waals surface area contributed by atoms with Crippen molar-refractivity contribution in [3.63, 3.8) is 0 Å². The highest BCUT2D eigenvalue weighted by atomic mass is 79.9. The fourth-order valence-electron chi connectivity index (χ4n) is 2.44. The summed E-state index contributed by atoms with van der Waals surface area (Å²) in [7, 11) is -3.64. The lowest BCUT2D eigenvalue weighted by Crippen LogP contribution is -2.38. The van der Waals surface area contributed by atoms with Crippen molar-refractivity contribution in [1.82, 2.24) is 4.72 Å². The van der Waals surface area contributed by atoms with Gasteiger partial charge in [0.15, 0.2) is 0 Å². The van der Waals surface area contributed by atoms with Gasteiger partial charge in [0.05, 0.1) is 5.69 Å². The maximum absolute atomic E-state index is 12.3. The average molecular weight is 349 g/mol. The molecule has 4 N–H and O–H groups in total. The number of benzene rings is 1. The van der Waals surface area contributed by atoms with E-state index in [1.807, 2.05) is 0 Å². The lowest BCUT2D eigenvalue weighted by molar-refractivity contribution is 0.213. The largest absolute Gasteiger partial charge is 0.398 e. The standard InChI is InChI=1S/C12H17BrN2O3S/c13-9-4-5-12(10(14)6-9)19(17,18)15-11-3-1-2-8(11)7-16/h4-6,8,11,15-16H,1-3,7,14H2. The number of nitrogen functional groups attached to an aromatic ring is 1. The number of rotatable bonds is 4. The Labute approximate surface area is 121 Å². The van der Waals surface area contributed by atoms with Crippen LogP contribution in [0.4, 0.5) is 5.69 Å². The van der Waals surface area contributed by atoms with Crippen LogP contribution in [0.1, 0.15) is 19.3 Å². The van der Waals surface area contributed by atoms with E-state index in [9.17, 15) is 13.5 Å². The zero-order valence-corrected chi connectivity index (χ0v) is 12.7. The lowest BCUT2D eigenvalue weighted by atomic mass is 10.1. The molecule has 1 saturated carbocycles. The Bertz CT molecular complexity index is 562. The topological polar surface area (TPSA) is 92.4 Å². The normalized spacial score (nSPS) is 23.7. The van der Waals surface area contributed by atoms with Crippen molar-refractivity contribution in [2.75, 3.05) is 12.3 Å². The number of nitrogens with two attached hydrogens (primary N) is 1. The number of anilines is 1. The van der Waals surface area contributed by atoms with Gasteiger partial charge in [-0.15, -0.1) is 0 Å². The molecule has 1 fully saturated rings. The number of hydrogen-bond acceptors (Lipinski definition) is 4. The van der Waals surface area contributed by atoms with E-state index in [-0.39, 0.29) is 29.1 Å². The molecule has 0 aliphatic heterocycles. The van der Waals surface area contributed by atoms with Crippen LogP contribution in [0.15, 0.2) is 27.6 Å². The van der Waals surface area contributed by atoms with Gasteiger partial charge in [0, 0.05) is 17.1 Å². The van der Waals surface area contributed by atoms with Crippen molar-refractivity contribution in [3.05, 3.63) is 22.7 Å². The van der Waals surface area contributed by atoms with Crippen LogP contribution < -0.4 is 10.5 Å². The Morgan fingerprint density at radius 1 is 1.42 bits per heavy atom. The zero-order chi connectivity index (χ0) is 14.0. The molecular formula is C12H17BrN2O3S. The molecule has 0 bridgehead atoms. The van der Waals surface area contributed by atoms with Gasteiger partial charge in [0.1, 0.15) is 4.90 Å². The first-order chi connectivity index (χ1) is 8.94. The van der Waals surface area contributed by atoms with Crippen LogP contribution in [0, 0.1) is 5.92 Å². The molecule has 0 amide bonds.